The van der Waals surface area contributed by atoms with Crippen molar-refractivity contribution in [3.8, 4) is 0 Å². The fourth-order valence-corrected chi connectivity index (χ4v) is 6.50. The van der Waals surface area contributed by atoms with Gasteiger partial charge in [-0.25, -0.2) is 18.4 Å². The summed E-state index contributed by atoms with van der Waals surface area (Å²) in [6, 6.07) is 10.1. The molecule has 0 bridgehead atoms. The molecule has 15 heteroatoms. The second-order valence-corrected chi connectivity index (χ2v) is 16.0. The molecular formula is C34H31Cl5F2N2O6. The molecule has 3 aromatic rings. The summed E-state index contributed by atoms with van der Waals surface area (Å²) in [6.07, 6.45) is -3.25. The van der Waals surface area contributed by atoms with Gasteiger partial charge in [-0.1, -0.05) is 34.8 Å². The molecule has 1 saturated carbocycles. The SMILES string of the molecule is CC(C)(C)OC(=O)N(C(=O)OC(C)(C)C)c1cc(CC(=O)c2cc(NC(=O)[C@H]3[C@H](c4cc(Cl)cc(Cl)c4)C3(Cl)Cl)ccc2Cl)c(F)cc1F. The minimum atomic E-state index is -1.46. The molecule has 1 aliphatic rings. The highest BCUT2D eigenvalue weighted by atomic mass is 35.5. The second-order valence-electron chi connectivity index (χ2n) is 13.3. The fourth-order valence-electron chi connectivity index (χ4n) is 4.90. The minimum absolute atomic E-state index is 0.0308. The van der Waals surface area contributed by atoms with E-state index in [2.05, 4.69) is 5.32 Å². The van der Waals surface area contributed by atoms with Crippen molar-refractivity contribution in [3.63, 3.8) is 0 Å². The number of hydrogen-bond acceptors (Lipinski definition) is 6. The number of halogens is 7. The molecule has 0 radical (unpaired) electrons. The van der Waals surface area contributed by atoms with E-state index in [0.29, 0.717) is 26.6 Å². The molecule has 3 aromatic carbocycles. The number of ketones is 1. The van der Waals surface area contributed by atoms with Gasteiger partial charge in [0, 0.05) is 39.7 Å². The lowest BCUT2D eigenvalue weighted by Gasteiger charge is -2.29. The summed E-state index contributed by atoms with van der Waals surface area (Å²) >= 11 is 31.4. The van der Waals surface area contributed by atoms with Crippen molar-refractivity contribution in [1.82, 2.24) is 0 Å². The number of benzene rings is 3. The lowest BCUT2D eigenvalue weighted by molar-refractivity contribution is -0.117. The number of Topliss-reactive ketones (excluding diaryl/α,β-unsaturated/α-hetero) is 1. The Kier molecular flexibility index (Phi) is 11.2. The molecule has 0 spiro atoms. The summed E-state index contributed by atoms with van der Waals surface area (Å²) in [5.74, 6) is -5.25. The van der Waals surface area contributed by atoms with Gasteiger partial charge in [0.25, 0.3) is 0 Å². The van der Waals surface area contributed by atoms with Gasteiger partial charge in [0.15, 0.2) is 11.6 Å². The van der Waals surface area contributed by atoms with Crippen molar-refractivity contribution in [2.24, 2.45) is 5.92 Å². The van der Waals surface area contributed by atoms with E-state index in [4.69, 9.17) is 67.5 Å². The third-order valence-electron chi connectivity index (χ3n) is 6.97. The number of amides is 3. The molecule has 0 unspecified atom stereocenters. The lowest BCUT2D eigenvalue weighted by Crippen LogP contribution is -2.44. The first-order valence-corrected chi connectivity index (χ1v) is 16.6. The first-order valence-electron chi connectivity index (χ1n) is 14.7. The third kappa shape index (κ3) is 9.35. The first kappa shape index (κ1) is 38.6. The number of carbonyl (C=O) groups is 4. The van der Waals surface area contributed by atoms with Gasteiger partial charge >= 0.3 is 12.2 Å². The molecular weight excluding hydrogens is 748 g/mol. The summed E-state index contributed by atoms with van der Waals surface area (Å²) in [6.45, 7) is 9.19. The van der Waals surface area contributed by atoms with Crippen LogP contribution in [0.1, 0.15) is 68.9 Å². The molecule has 4 rings (SSSR count). The predicted molar refractivity (Wildman–Crippen MR) is 187 cm³/mol. The van der Waals surface area contributed by atoms with Crippen LogP contribution in [-0.2, 0) is 20.7 Å². The number of anilines is 2. The normalized spacial score (nSPS) is 16.8. The zero-order valence-electron chi connectivity index (χ0n) is 27.0. The van der Waals surface area contributed by atoms with Crippen LogP contribution >= 0.6 is 58.0 Å². The Bertz CT molecular complexity index is 1790. The standard InChI is InChI=1S/C34H31Cl5F2N2O6/c1-32(2,3)48-30(46)43(31(47)49-33(4,5)6)25-11-16(23(40)15-24(25)41)12-26(44)21-14-20(7-8-22(21)37)42-29(45)28-27(34(28,38)39)17-9-18(35)13-19(36)10-17/h7-11,13-15,27-28H,12H2,1-6H3,(H,42,45)/t27-,28+/m0/s1. The second kappa shape index (κ2) is 14.2. The maximum absolute atomic E-state index is 15.2. The van der Waals surface area contributed by atoms with E-state index in [9.17, 15) is 19.2 Å². The van der Waals surface area contributed by atoms with Crippen LogP contribution in [0.2, 0.25) is 15.1 Å². The number of rotatable bonds is 7. The van der Waals surface area contributed by atoms with E-state index in [1.54, 1.807) is 12.1 Å². The first-order chi connectivity index (χ1) is 22.5. The fraction of sp³-hybridized carbons (Fsp3) is 0.353. The monoisotopic (exact) mass is 776 g/mol. The molecule has 3 amide bonds. The van der Waals surface area contributed by atoms with Crippen molar-refractivity contribution in [3.05, 3.63) is 91.9 Å². The van der Waals surface area contributed by atoms with E-state index < -0.39 is 75.0 Å². The van der Waals surface area contributed by atoms with E-state index in [-0.39, 0.29) is 21.8 Å². The zero-order chi connectivity index (χ0) is 36.8. The number of ether oxygens (including phenoxy) is 2. The quantitative estimate of drug-likeness (QED) is 0.189. The van der Waals surface area contributed by atoms with Gasteiger partial charge in [0.2, 0.25) is 5.91 Å². The average Bonchev–Trinajstić information content (AvgIpc) is 3.51. The molecule has 8 nitrogen and oxygen atoms in total. The summed E-state index contributed by atoms with van der Waals surface area (Å²) in [4.78, 5) is 53.1. The van der Waals surface area contributed by atoms with Crippen LogP contribution in [-0.4, -0.2) is 39.4 Å². The van der Waals surface area contributed by atoms with E-state index in [1.165, 1.54) is 65.8 Å². The summed E-state index contributed by atoms with van der Waals surface area (Å²) in [5.41, 5.74) is -2.67. The van der Waals surface area contributed by atoms with Crippen LogP contribution in [0.3, 0.4) is 0 Å². The van der Waals surface area contributed by atoms with Gasteiger partial charge in [-0.3, -0.25) is 9.59 Å². The molecule has 0 heterocycles. The highest BCUT2D eigenvalue weighted by Crippen LogP contribution is 2.65. The molecule has 2 atom stereocenters. The minimum Gasteiger partial charge on any atom is -0.443 e. The number of alkyl halides is 2. The van der Waals surface area contributed by atoms with E-state index in [0.717, 1.165) is 6.07 Å². The van der Waals surface area contributed by atoms with Crippen molar-refractivity contribution >= 4 is 93.3 Å². The van der Waals surface area contributed by atoms with Crippen molar-refractivity contribution < 1.29 is 37.4 Å². The number of imide groups is 1. The molecule has 0 saturated heterocycles. The van der Waals surface area contributed by atoms with E-state index in [1.807, 2.05) is 0 Å². The largest absolute Gasteiger partial charge is 0.443 e. The number of carbonyl (C=O) groups excluding carboxylic acids is 4. The Morgan fingerprint density at radius 3 is 1.90 bits per heavy atom. The van der Waals surface area contributed by atoms with Crippen LogP contribution < -0.4 is 10.2 Å². The molecule has 0 aromatic heterocycles. The van der Waals surface area contributed by atoms with Crippen LogP contribution in [0, 0.1) is 17.6 Å². The van der Waals surface area contributed by atoms with Gasteiger partial charge in [0.1, 0.15) is 21.4 Å². The van der Waals surface area contributed by atoms with Crippen LogP contribution in [0.4, 0.5) is 29.7 Å². The van der Waals surface area contributed by atoms with Gasteiger partial charge in [0.05, 0.1) is 16.6 Å². The molecule has 0 aliphatic heterocycles. The van der Waals surface area contributed by atoms with Crippen molar-refractivity contribution in [2.45, 2.75) is 69.4 Å². The number of nitrogens with one attached hydrogen (secondary N) is 1. The third-order valence-corrected chi connectivity index (χ3v) is 8.68. The summed E-state index contributed by atoms with van der Waals surface area (Å²) in [7, 11) is 0. The highest BCUT2D eigenvalue weighted by molar-refractivity contribution is 6.53. The number of nitrogens with zero attached hydrogens (tertiary/aromatic N) is 1. The van der Waals surface area contributed by atoms with Crippen molar-refractivity contribution in [1.29, 1.82) is 0 Å². The Balaban J connectivity index is 1.60. The van der Waals surface area contributed by atoms with Crippen molar-refractivity contribution in [2.75, 3.05) is 10.2 Å². The van der Waals surface area contributed by atoms with Gasteiger partial charge in [-0.15, -0.1) is 23.2 Å². The summed E-state index contributed by atoms with van der Waals surface area (Å²) < 4.78 is 39.4. The Morgan fingerprint density at radius 2 is 1.37 bits per heavy atom. The van der Waals surface area contributed by atoms with E-state index >= 15 is 8.78 Å². The van der Waals surface area contributed by atoms with Gasteiger partial charge in [-0.05, 0) is 95.1 Å². The zero-order valence-corrected chi connectivity index (χ0v) is 30.8. The predicted octanol–water partition coefficient (Wildman–Crippen LogP) is 10.6. The Labute approximate surface area is 306 Å². The Hall–Kier alpha value is -3.15. The molecule has 262 valence electrons. The molecule has 1 fully saturated rings. The number of hydrogen-bond donors (Lipinski definition) is 1. The van der Waals surface area contributed by atoms with Gasteiger partial charge < -0.3 is 14.8 Å². The average molecular weight is 779 g/mol. The highest BCUT2D eigenvalue weighted by Gasteiger charge is 2.67. The molecule has 1 N–H and O–H groups in total. The topological polar surface area (TPSA) is 102 Å². The summed E-state index contributed by atoms with van der Waals surface area (Å²) in [5, 5.41) is 3.31. The molecule has 49 heavy (non-hydrogen) atoms. The van der Waals surface area contributed by atoms with Crippen LogP contribution in [0.5, 0.6) is 0 Å². The maximum atomic E-state index is 15.2. The van der Waals surface area contributed by atoms with Gasteiger partial charge in [-0.2, -0.15) is 4.90 Å². The van der Waals surface area contributed by atoms with Crippen LogP contribution in [0.15, 0.2) is 48.5 Å². The van der Waals surface area contributed by atoms with Crippen LogP contribution in [0.25, 0.3) is 0 Å². The smallest absolute Gasteiger partial charge is 0.424 e. The lowest BCUT2D eigenvalue weighted by atomic mass is 10.0. The Morgan fingerprint density at radius 1 is 0.816 bits per heavy atom. The molecule has 1 aliphatic carbocycles. The maximum Gasteiger partial charge on any atom is 0.424 e.